The minimum Gasteiger partial charge on any atom is -0.374 e. The maximum Gasteiger partial charge on any atom is 0.136 e. The lowest BCUT2D eigenvalue weighted by Crippen LogP contribution is -2.11. The average Bonchev–Trinajstić information content (AvgIpc) is 1.90. The molecule has 0 fully saturated rings. The van der Waals surface area contributed by atoms with E-state index in [0.29, 0.717) is 5.03 Å². The fourth-order valence-corrected chi connectivity index (χ4v) is 0.501. The summed E-state index contributed by atoms with van der Waals surface area (Å²) in [4.78, 5) is 0. The van der Waals surface area contributed by atoms with Gasteiger partial charge in [-0.25, -0.2) is 5.01 Å². The van der Waals surface area contributed by atoms with Crippen molar-refractivity contribution in [3.8, 4) is 0 Å². The molecule has 9 heavy (non-hydrogen) atoms. The van der Waals surface area contributed by atoms with Gasteiger partial charge in [-0.3, -0.25) is 0 Å². The third-order valence-corrected chi connectivity index (χ3v) is 1.02. The second kappa shape index (κ2) is 2.69. The highest BCUT2D eigenvalue weighted by atomic mass is 35.5. The smallest absolute Gasteiger partial charge is 0.136 e. The number of rotatable bonds is 1. The number of hydrogen-bond acceptors (Lipinski definition) is 3. The van der Waals surface area contributed by atoms with Crippen molar-refractivity contribution in [2.75, 3.05) is 6.73 Å². The number of allylic oxidation sites excluding steroid dienone is 1. The molecule has 4 heteroatoms. The Morgan fingerprint density at radius 3 is 3.11 bits per heavy atom. The molecule has 0 aromatic rings. The van der Waals surface area contributed by atoms with Crippen molar-refractivity contribution in [1.29, 1.82) is 0 Å². The first-order valence-electron chi connectivity index (χ1n) is 2.37. The Hall–Kier alpha value is -0.760. The van der Waals surface area contributed by atoms with Gasteiger partial charge < -0.3 is 5.11 Å². The summed E-state index contributed by atoms with van der Waals surface area (Å²) in [6.45, 7) is -0.145. The Kier molecular flexibility index (Phi) is 1.90. The van der Waals surface area contributed by atoms with Crippen molar-refractivity contribution in [2.45, 2.75) is 0 Å². The molecule has 0 bridgehead atoms. The Morgan fingerprint density at radius 1 is 1.89 bits per heavy atom. The molecule has 0 unspecified atom stereocenters. The molecule has 48 valence electrons. The zero-order chi connectivity index (χ0) is 6.69. The summed E-state index contributed by atoms with van der Waals surface area (Å²) in [6.07, 6.45) is 2.89. The van der Waals surface area contributed by atoms with Crippen LogP contribution in [-0.2, 0) is 0 Å². The molecule has 0 aliphatic carbocycles. The number of nitrogens with zero attached hydrogens (tertiary/aromatic N) is 2. The second-order valence-corrected chi connectivity index (χ2v) is 1.85. The number of aliphatic hydroxyl groups excluding tert-OH is 1. The van der Waals surface area contributed by atoms with Gasteiger partial charge in [0.25, 0.3) is 0 Å². The van der Waals surface area contributed by atoms with E-state index < -0.39 is 0 Å². The van der Waals surface area contributed by atoms with Gasteiger partial charge in [-0.05, 0) is 0 Å². The van der Waals surface area contributed by atoms with Crippen LogP contribution in [0.25, 0.3) is 0 Å². The zero-order valence-electron chi connectivity index (χ0n) is 4.58. The Bertz CT molecular complexity index is 193. The van der Waals surface area contributed by atoms with Gasteiger partial charge in [0.05, 0.1) is 12.4 Å². The molecule has 0 spiro atoms. The van der Waals surface area contributed by atoms with Gasteiger partial charge in [-0.2, -0.15) is 5.10 Å². The van der Waals surface area contributed by atoms with Crippen LogP contribution in [-0.4, -0.2) is 23.1 Å². The lowest BCUT2D eigenvalue weighted by molar-refractivity contribution is 0.156. The molecule has 0 aromatic heterocycles. The van der Waals surface area contributed by atoms with E-state index in [4.69, 9.17) is 16.7 Å². The number of hydrazone groups is 1. The minimum atomic E-state index is -0.145. The third kappa shape index (κ3) is 1.57. The maximum absolute atomic E-state index is 8.47. The lowest BCUT2D eigenvalue weighted by atomic mass is 10.6. The lowest BCUT2D eigenvalue weighted by Gasteiger charge is -2.09. The standard InChI is InChI=1S/C5H5ClN2O/c6-5-1-2-8(4-9)7-3-5/h2-3,9H,4H2. The molecule has 1 aliphatic rings. The fourth-order valence-electron chi connectivity index (χ4n) is 0.409. The van der Waals surface area contributed by atoms with Crippen LogP contribution < -0.4 is 0 Å². The highest BCUT2D eigenvalue weighted by molar-refractivity contribution is 6.39. The predicted octanol–water partition coefficient (Wildman–Crippen LogP) is 0.473. The number of aliphatic hydroxyl groups is 1. The SMILES string of the molecule is OCN1C=C=C(Cl)C=N1. The molecular formula is C5H5ClN2O. The third-order valence-electron chi connectivity index (χ3n) is 0.816. The summed E-state index contributed by atoms with van der Waals surface area (Å²) in [5, 5.41) is 13.9. The molecule has 3 nitrogen and oxygen atoms in total. The predicted molar refractivity (Wildman–Crippen MR) is 34.9 cm³/mol. The van der Waals surface area contributed by atoms with Gasteiger partial charge in [0.1, 0.15) is 11.8 Å². The summed E-state index contributed by atoms with van der Waals surface area (Å²) >= 11 is 5.46. The molecule has 0 saturated heterocycles. The summed E-state index contributed by atoms with van der Waals surface area (Å²) in [7, 11) is 0. The van der Waals surface area contributed by atoms with Crippen LogP contribution in [0.2, 0.25) is 0 Å². The normalized spacial score (nSPS) is 16.2. The van der Waals surface area contributed by atoms with E-state index in [1.54, 1.807) is 0 Å². The fraction of sp³-hybridized carbons (Fsp3) is 0.200. The van der Waals surface area contributed by atoms with Crippen LogP contribution in [0.5, 0.6) is 0 Å². The van der Waals surface area contributed by atoms with Crippen LogP contribution >= 0.6 is 11.6 Å². The van der Waals surface area contributed by atoms with Crippen LogP contribution in [0.15, 0.2) is 22.1 Å². The second-order valence-electron chi connectivity index (χ2n) is 1.45. The van der Waals surface area contributed by atoms with Crippen molar-refractivity contribution in [3.63, 3.8) is 0 Å². The number of hydrogen-bond donors (Lipinski definition) is 1. The maximum atomic E-state index is 8.47. The summed E-state index contributed by atoms with van der Waals surface area (Å²) in [5.74, 6) is 0. The van der Waals surface area contributed by atoms with Gasteiger partial charge in [0.2, 0.25) is 0 Å². The van der Waals surface area contributed by atoms with E-state index >= 15 is 0 Å². The monoisotopic (exact) mass is 144 g/mol. The van der Waals surface area contributed by atoms with E-state index in [1.165, 1.54) is 17.4 Å². The minimum absolute atomic E-state index is 0.145. The Morgan fingerprint density at radius 2 is 2.67 bits per heavy atom. The van der Waals surface area contributed by atoms with Gasteiger partial charge >= 0.3 is 0 Å². The summed E-state index contributed by atoms with van der Waals surface area (Å²) in [5.41, 5.74) is 2.66. The van der Waals surface area contributed by atoms with E-state index in [2.05, 4.69) is 10.8 Å². The quantitative estimate of drug-likeness (QED) is 0.544. The number of halogens is 1. The van der Waals surface area contributed by atoms with E-state index in [1.807, 2.05) is 0 Å². The Labute approximate surface area is 57.5 Å². The van der Waals surface area contributed by atoms with Crippen molar-refractivity contribution >= 4 is 17.8 Å². The Balaban J connectivity index is 2.72. The average molecular weight is 145 g/mol. The van der Waals surface area contributed by atoms with Crippen molar-refractivity contribution in [1.82, 2.24) is 5.01 Å². The van der Waals surface area contributed by atoms with E-state index in [9.17, 15) is 0 Å². The molecule has 0 amide bonds. The molecule has 0 atom stereocenters. The van der Waals surface area contributed by atoms with Gasteiger partial charge in [0, 0.05) is 0 Å². The molecular weight excluding hydrogens is 140 g/mol. The van der Waals surface area contributed by atoms with E-state index in [0.717, 1.165) is 0 Å². The summed E-state index contributed by atoms with van der Waals surface area (Å²) < 4.78 is 0. The first-order valence-corrected chi connectivity index (χ1v) is 2.74. The first kappa shape index (κ1) is 6.36. The van der Waals surface area contributed by atoms with Crippen LogP contribution in [0, 0.1) is 0 Å². The van der Waals surface area contributed by atoms with E-state index in [-0.39, 0.29) is 6.73 Å². The van der Waals surface area contributed by atoms with Crippen LogP contribution in [0.4, 0.5) is 0 Å². The largest absolute Gasteiger partial charge is 0.374 e. The van der Waals surface area contributed by atoms with Crippen LogP contribution in [0.3, 0.4) is 0 Å². The van der Waals surface area contributed by atoms with Crippen molar-refractivity contribution < 1.29 is 5.11 Å². The molecule has 1 aliphatic heterocycles. The van der Waals surface area contributed by atoms with Crippen molar-refractivity contribution in [3.05, 3.63) is 17.0 Å². The topological polar surface area (TPSA) is 35.8 Å². The summed E-state index contributed by atoms with van der Waals surface area (Å²) in [6, 6.07) is 0. The zero-order valence-corrected chi connectivity index (χ0v) is 5.34. The first-order chi connectivity index (χ1) is 4.33. The molecule has 1 heterocycles. The van der Waals surface area contributed by atoms with Gasteiger partial charge in [0.15, 0.2) is 0 Å². The molecule has 1 N–H and O–H groups in total. The molecule has 1 rings (SSSR count). The van der Waals surface area contributed by atoms with Gasteiger partial charge in [-0.15, -0.1) is 0 Å². The highest BCUT2D eigenvalue weighted by Crippen LogP contribution is 2.01. The molecule has 0 saturated carbocycles. The molecule has 0 radical (unpaired) electrons. The highest BCUT2D eigenvalue weighted by Gasteiger charge is 1.94. The van der Waals surface area contributed by atoms with Crippen LogP contribution in [0.1, 0.15) is 0 Å². The van der Waals surface area contributed by atoms with Gasteiger partial charge in [-0.1, -0.05) is 17.3 Å². The van der Waals surface area contributed by atoms with Crippen molar-refractivity contribution in [2.24, 2.45) is 5.10 Å². The molecule has 0 aromatic carbocycles.